The standard InChI is InChI=1S/C12H11BrN2O/c1-8(13)12(16)15-10-4-5-11-9(7-10)3-2-6-14-11/h2-8H,1H3,(H,15,16). The van der Waals surface area contributed by atoms with E-state index >= 15 is 0 Å². The molecule has 0 spiro atoms. The van der Waals surface area contributed by atoms with Crippen molar-refractivity contribution < 1.29 is 4.79 Å². The molecular formula is C12H11BrN2O. The molecule has 0 saturated carbocycles. The van der Waals surface area contributed by atoms with Crippen LogP contribution in [0.5, 0.6) is 0 Å². The number of anilines is 1. The minimum atomic E-state index is -0.197. The van der Waals surface area contributed by atoms with Gasteiger partial charge in [0.15, 0.2) is 0 Å². The maximum atomic E-state index is 11.5. The molecule has 1 unspecified atom stereocenters. The fraction of sp³-hybridized carbons (Fsp3) is 0.167. The lowest BCUT2D eigenvalue weighted by Crippen LogP contribution is -2.19. The number of nitrogens with zero attached hydrogens (tertiary/aromatic N) is 1. The van der Waals surface area contributed by atoms with Crippen LogP contribution < -0.4 is 5.32 Å². The van der Waals surface area contributed by atoms with Crippen molar-refractivity contribution in [2.45, 2.75) is 11.8 Å². The number of rotatable bonds is 2. The number of alkyl halides is 1. The number of amides is 1. The molecule has 82 valence electrons. The summed E-state index contributed by atoms with van der Waals surface area (Å²) in [5, 5.41) is 3.84. The number of halogens is 1. The predicted molar refractivity (Wildman–Crippen MR) is 68.8 cm³/mol. The normalized spacial score (nSPS) is 12.4. The van der Waals surface area contributed by atoms with Crippen LogP contribution in [0.15, 0.2) is 36.5 Å². The molecule has 0 aliphatic rings. The van der Waals surface area contributed by atoms with Gasteiger partial charge in [0.1, 0.15) is 0 Å². The van der Waals surface area contributed by atoms with Crippen LogP contribution in [0.1, 0.15) is 6.92 Å². The van der Waals surface area contributed by atoms with Crippen LogP contribution in [0.25, 0.3) is 10.9 Å². The molecule has 1 aromatic carbocycles. The van der Waals surface area contributed by atoms with E-state index in [1.165, 1.54) is 0 Å². The smallest absolute Gasteiger partial charge is 0.237 e. The van der Waals surface area contributed by atoms with Crippen LogP contribution in [0, 0.1) is 0 Å². The molecule has 1 atom stereocenters. The Labute approximate surface area is 102 Å². The number of nitrogens with one attached hydrogen (secondary N) is 1. The van der Waals surface area contributed by atoms with Gasteiger partial charge in [0, 0.05) is 17.3 Å². The van der Waals surface area contributed by atoms with Crippen molar-refractivity contribution in [3.05, 3.63) is 36.5 Å². The molecule has 3 nitrogen and oxygen atoms in total. The summed E-state index contributed by atoms with van der Waals surface area (Å²) in [5.41, 5.74) is 1.71. The topological polar surface area (TPSA) is 42.0 Å². The number of aromatic nitrogens is 1. The molecule has 0 saturated heterocycles. The van der Waals surface area contributed by atoms with Crippen molar-refractivity contribution in [1.29, 1.82) is 0 Å². The summed E-state index contributed by atoms with van der Waals surface area (Å²) in [5.74, 6) is -0.0526. The minimum Gasteiger partial charge on any atom is -0.325 e. The number of hydrogen-bond donors (Lipinski definition) is 1. The molecule has 2 rings (SSSR count). The molecule has 1 amide bonds. The second-order valence-corrected chi connectivity index (χ2v) is 4.89. The van der Waals surface area contributed by atoms with E-state index in [1.54, 1.807) is 13.1 Å². The van der Waals surface area contributed by atoms with Crippen LogP contribution >= 0.6 is 15.9 Å². The lowest BCUT2D eigenvalue weighted by molar-refractivity contribution is -0.115. The second kappa shape index (κ2) is 4.61. The van der Waals surface area contributed by atoms with E-state index in [2.05, 4.69) is 26.2 Å². The van der Waals surface area contributed by atoms with Crippen LogP contribution in [0.3, 0.4) is 0 Å². The van der Waals surface area contributed by atoms with Crippen molar-refractivity contribution in [2.24, 2.45) is 0 Å². The van der Waals surface area contributed by atoms with E-state index in [0.717, 1.165) is 16.6 Å². The highest BCUT2D eigenvalue weighted by molar-refractivity contribution is 9.10. The quantitative estimate of drug-likeness (QED) is 0.859. The Balaban J connectivity index is 2.29. The van der Waals surface area contributed by atoms with Crippen LogP contribution in [0.2, 0.25) is 0 Å². The van der Waals surface area contributed by atoms with Crippen LogP contribution in [-0.4, -0.2) is 15.7 Å². The van der Waals surface area contributed by atoms with Crippen molar-refractivity contribution in [3.63, 3.8) is 0 Å². The molecule has 1 N–H and O–H groups in total. The van der Waals surface area contributed by atoms with Gasteiger partial charge < -0.3 is 5.32 Å². The van der Waals surface area contributed by atoms with Crippen molar-refractivity contribution in [2.75, 3.05) is 5.32 Å². The van der Waals surface area contributed by atoms with Gasteiger partial charge in [-0.2, -0.15) is 0 Å². The highest BCUT2D eigenvalue weighted by atomic mass is 79.9. The van der Waals surface area contributed by atoms with E-state index < -0.39 is 0 Å². The zero-order chi connectivity index (χ0) is 11.5. The van der Waals surface area contributed by atoms with Crippen LogP contribution in [0.4, 0.5) is 5.69 Å². The molecule has 0 radical (unpaired) electrons. The maximum absolute atomic E-state index is 11.5. The third kappa shape index (κ3) is 2.39. The van der Waals surface area contributed by atoms with Crippen molar-refractivity contribution in [3.8, 4) is 0 Å². The monoisotopic (exact) mass is 278 g/mol. The van der Waals surface area contributed by atoms with Gasteiger partial charge in [-0.3, -0.25) is 9.78 Å². The Morgan fingerprint density at radius 2 is 2.25 bits per heavy atom. The number of hydrogen-bond acceptors (Lipinski definition) is 2. The zero-order valence-corrected chi connectivity index (χ0v) is 10.4. The summed E-state index contributed by atoms with van der Waals surface area (Å²) >= 11 is 3.22. The maximum Gasteiger partial charge on any atom is 0.237 e. The number of carbonyl (C=O) groups is 1. The summed E-state index contributed by atoms with van der Waals surface area (Å²) in [6.07, 6.45) is 1.75. The Hall–Kier alpha value is -1.42. The van der Waals surface area contributed by atoms with Crippen molar-refractivity contribution >= 4 is 38.4 Å². The number of carbonyl (C=O) groups excluding carboxylic acids is 1. The molecule has 2 aromatic rings. The molecule has 4 heteroatoms. The summed E-state index contributed by atoms with van der Waals surface area (Å²) in [6.45, 7) is 1.79. The fourth-order valence-electron chi connectivity index (χ4n) is 1.40. The van der Waals surface area contributed by atoms with E-state index in [-0.39, 0.29) is 10.7 Å². The molecule has 1 aromatic heterocycles. The molecule has 0 fully saturated rings. The first-order valence-electron chi connectivity index (χ1n) is 4.96. The molecule has 16 heavy (non-hydrogen) atoms. The number of benzene rings is 1. The highest BCUT2D eigenvalue weighted by Crippen LogP contribution is 2.17. The number of pyridine rings is 1. The Morgan fingerprint density at radius 3 is 3.00 bits per heavy atom. The average Bonchev–Trinajstić information content (AvgIpc) is 2.28. The molecular weight excluding hydrogens is 268 g/mol. The van der Waals surface area contributed by atoms with Gasteiger partial charge >= 0.3 is 0 Å². The third-order valence-electron chi connectivity index (χ3n) is 2.23. The van der Waals surface area contributed by atoms with Gasteiger partial charge in [0.2, 0.25) is 5.91 Å². The first-order valence-corrected chi connectivity index (χ1v) is 5.88. The molecule has 0 bridgehead atoms. The van der Waals surface area contributed by atoms with E-state index in [4.69, 9.17) is 0 Å². The zero-order valence-electron chi connectivity index (χ0n) is 8.77. The Bertz CT molecular complexity index is 525. The minimum absolute atomic E-state index is 0.0526. The fourth-order valence-corrected chi connectivity index (χ4v) is 1.51. The first kappa shape index (κ1) is 11.1. The van der Waals surface area contributed by atoms with E-state index in [9.17, 15) is 4.79 Å². The van der Waals surface area contributed by atoms with E-state index in [1.807, 2.05) is 30.3 Å². The summed E-state index contributed by atoms with van der Waals surface area (Å²) < 4.78 is 0. The Kier molecular flexibility index (Phi) is 3.19. The average molecular weight is 279 g/mol. The predicted octanol–water partition coefficient (Wildman–Crippen LogP) is 2.96. The number of fused-ring (bicyclic) bond motifs is 1. The van der Waals surface area contributed by atoms with Gasteiger partial charge in [0.25, 0.3) is 0 Å². The van der Waals surface area contributed by atoms with E-state index in [0.29, 0.717) is 0 Å². The summed E-state index contributed by atoms with van der Waals surface area (Å²) in [7, 11) is 0. The lowest BCUT2D eigenvalue weighted by atomic mass is 10.2. The van der Waals surface area contributed by atoms with Gasteiger partial charge in [-0.05, 0) is 31.2 Å². The van der Waals surface area contributed by atoms with Gasteiger partial charge in [-0.15, -0.1) is 0 Å². The molecule has 1 heterocycles. The lowest BCUT2D eigenvalue weighted by Gasteiger charge is -2.07. The third-order valence-corrected chi connectivity index (χ3v) is 2.65. The summed E-state index contributed by atoms with van der Waals surface area (Å²) in [4.78, 5) is 15.5. The summed E-state index contributed by atoms with van der Waals surface area (Å²) in [6, 6.07) is 9.50. The Morgan fingerprint density at radius 1 is 1.44 bits per heavy atom. The highest BCUT2D eigenvalue weighted by Gasteiger charge is 2.08. The largest absolute Gasteiger partial charge is 0.325 e. The van der Waals surface area contributed by atoms with Gasteiger partial charge in [-0.25, -0.2) is 0 Å². The first-order chi connectivity index (χ1) is 7.66. The van der Waals surface area contributed by atoms with Gasteiger partial charge in [0.05, 0.1) is 10.3 Å². The molecule has 0 aliphatic carbocycles. The van der Waals surface area contributed by atoms with Gasteiger partial charge in [-0.1, -0.05) is 22.0 Å². The van der Waals surface area contributed by atoms with Crippen molar-refractivity contribution in [1.82, 2.24) is 4.98 Å². The SMILES string of the molecule is CC(Br)C(=O)Nc1ccc2ncccc2c1. The molecule has 0 aliphatic heterocycles. The van der Waals surface area contributed by atoms with Crippen LogP contribution in [-0.2, 0) is 4.79 Å². The second-order valence-electron chi connectivity index (χ2n) is 3.52.